The third-order valence-electron chi connectivity index (χ3n) is 3.14. The Labute approximate surface area is 106 Å². The Morgan fingerprint density at radius 2 is 2.12 bits per heavy atom. The van der Waals surface area contributed by atoms with Gasteiger partial charge in [0, 0.05) is 30.3 Å². The van der Waals surface area contributed by atoms with Gasteiger partial charge in [-0.3, -0.25) is 0 Å². The van der Waals surface area contributed by atoms with Gasteiger partial charge in [-0.2, -0.15) is 0 Å². The van der Waals surface area contributed by atoms with Crippen LogP contribution in [0.5, 0.6) is 0 Å². The highest BCUT2D eigenvalue weighted by atomic mass is 35.5. The summed E-state index contributed by atoms with van der Waals surface area (Å²) in [5.74, 6) is 0.395. The second-order valence-corrected chi connectivity index (χ2v) is 4.79. The molecule has 2 nitrogen and oxygen atoms in total. The van der Waals surface area contributed by atoms with Crippen LogP contribution in [-0.2, 0) is 11.3 Å². The van der Waals surface area contributed by atoms with Gasteiger partial charge >= 0.3 is 0 Å². The first kappa shape index (κ1) is 12.8. The zero-order valence-electron chi connectivity index (χ0n) is 9.72. The average Bonchev–Trinajstić information content (AvgIpc) is 2.34. The number of ether oxygens (including phenoxy) is 1. The van der Waals surface area contributed by atoms with E-state index in [9.17, 15) is 4.39 Å². The minimum atomic E-state index is -0.239. The van der Waals surface area contributed by atoms with Gasteiger partial charge in [-0.15, -0.1) is 0 Å². The van der Waals surface area contributed by atoms with Gasteiger partial charge < -0.3 is 10.1 Å². The summed E-state index contributed by atoms with van der Waals surface area (Å²) in [6, 6.07) is 4.78. The highest BCUT2D eigenvalue weighted by molar-refractivity contribution is 6.31. The van der Waals surface area contributed by atoms with E-state index in [4.69, 9.17) is 16.3 Å². The maximum atomic E-state index is 13.5. The fourth-order valence-corrected chi connectivity index (χ4v) is 2.28. The fourth-order valence-electron chi connectivity index (χ4n) is 2.05. The maximum Gasteiger partial charge on any atom is 0.129 e. The Morgan fingerprint density at radius 1 is 1.35 bits per heavy atom. The summed E-state index contributed by atoms with van der Waals surface area (Å²) in [6.45, 7) is 3.07. The van der Waals surface area contributed by atoms with Crippen LogP contribution in [0.3, 0.4) is 0 Å². The van der Waals surface area contributed by atoms with Crippen LogP contribution < -0.4 is 5.32 Å². The first-order chi connectivity index (χ1) is 8.27. The predicted molar refractivity (Wildman–Crippen MR) is 66.7 cm³/mol. The van der Waals surface area contributed by atoms with Crippen molar-refractivity contribution in [2.75, 3.05) is 19.8 Å². The van der Waals surface area contributed by atoms with Gasteiger partial charge in [0.05, 0.1) is 0 Å². The summed E-state index contributed by atoms with van der Waals surface area (Å²) < 4.78 is 18.8. The molecule has 94 valence electrons. The van der Waals surface area contributed by atoms with E-state index in [2.05, 4.69) is 5.32 Å². The van der Waals surface area contributed by atoms with Gasteiger partial charge in [-0.05, 0) is 37.4 Å². The molecule has 1 aromatic carbocycles. The minimum absolute atomic E-state index is 0.239. The molecule has 2 rings (SSSR count). The second-order valence-electron chi connectivity index (χ2n) is 4.39. The summed E-state index contributed by atoms with van der Waals surface area (Å²) in [6.07, 6.45) is 2.16. The Bertz CT molecular complexity index is 346. The van der Waals surface area contributed by atoms with Crippen molar-refractivity contribution < 1.29 is 9.13 Å². The number of benzene rings is 1. The Balaban J connectivity index is 1.81. The monoisotopic (exact) mass is 257 g/mol. The lowest BCUT2D eigenvalue weighted by Gasteiger charge is -2.22. The van der Waals surface area contributed by atoms with Crippen LogP contribution in [0.15, 0.2) is 18.2 Å². The van der Waals surface area contributed by atoms with Crippen molar-refractivity contribution in [3.63, 3.8) is 0 Å². The molecule has 0 bridgehead atoms. The summed E-state index contributed by atoms with van der Waals surface area (Å²) in [5, 5.41) is 3.76. The SMILES string of the molecule is Fc1cccc(Cl)c1CNCC1CCOCC1. The summed E-state index contributed by atoms with van der Waals surface area (Å²) >= 11 is 5.95. The number of hydrogen-bond acceptors (Lipinski definition) is 2. The van der Waals surface area contributed by atoms with E-state index in [1.54, 1.807) is 12.1 Å². The molecule has 0 spiro atoms. The molecule has 0 saturated carbocycles. The summed E-state index contributed by atoms with van der Waals surface area (Å²) in [5.41, 5.74) is 0.557. The lowest BCUT2D eigenvalue weighted by atomic mass is 10.0. The molecule has 1 aliphatic heterocycles. The Morgan fingerprint density at radius 3 is 2.82 bits per heavy atom. The molecule has 0 radical (unpaired) electrons. The lowest BCUT2D eigenvalue weighted by molar-refractivity contribution is 0.0662. The Hall–Kier alpha value is -0.640. The zero-order valence-corrected chi connectivity index (χ0v) is 10.5. The molecule has 1 saturated heterocycles. The highest BCUT2D eigenvalue weighted by Crippen LogP contribution is 2.19. The van der Waals surface area contributed by atoms with E-state index < -0.39 is 0 Å². The summed E-state index contributed by atoms with van der Waals surface area (Å²) in [7, 11) is 0. The van der Waals surface area contributed by atoms with Gasteiger partial charge in [0.1, 0.15) is 5.82 Å². The molecule has 0 aromatic heterocycles. The third kappa shape index (κ3) is 3.66. The van der Waals surface area contributed by atoms with Crippen LogP contribution in [-0.4, -0.2) is 19.8 Å². The molecule has 1 heterocycles. The maximum absolute atomic E-state index is 13.5. The number of halogens is 2. The number of rotatable bonds is 4. The largest absolute Gasteiger partial charge is 0.381 e. The zero-order chi connectivity index (χ0) is 12.1. The van der Waals surface area contributed by atoms with Gasteiger partial charge in [0.2, 0.25) is 0 Å². The molecule has 0 amide bonds. The van der Waals surface area contributed by atoms with Gasteiger partial charge in [-0.25, -0.2) is 4.39 Å². The quantitative estimate of drug-likeness (QED) is 0.895. The number of hydrogen-bond donors (Lipinski definition) is 1. The van der Waals surface area contributed by atoms with E-state index in [1.165, 1.54) is 6.07 Å². The van der Waals surface area contributed by atoms with Crippen LogP contribution in [0.1, 0.15) is 18.4 Å². The molecular formula is C13H17ClFNO. The van der Waals surface area contributed by atoms with Crippen molar-refractivity contribution in [1.29, 1.82) is 0 Å². The molecule has 0 atom stereocenters. The van der Waals surface area contributed by atoms with Crippen LogP contribution >= 0.6 is 11.6 Å². The standard InChI is InChI=1S/C13H17ClFNO/c14-12-2-1-3-13(15)11(12)9-16-8-10-4-6-17-7-5-10/h1-3,10,16H,4-9H2. The van der Waals surface area contributed by atoms with E-state index in [-0.39, 0.29) is 5.82 Å². The van der Waals surface area contributed by atoms with Crippen molar-refractivity contribution in [1.82, 2.24) is 5.32 Å². The number of nitrogens with one attached hydrogen (secondary N) is 1. The van der Waals surface area contributed by atoms with Crippen molar-refractivity contribution >= 4 is 11.6 Å². The molecule has 17 heavy (non-hydrogen) atoms. The van der Waals surface area contributed by atoms with E-state index >= 15 is 0 Å². The van der Waals surface area contributed by atoms with E-state index in [1.807, 2.05) is 0 Å². The van der Waals surface area contributed by atoms with Crippen molar-refractivity contribution in [2.45, 2.75) is 19.4 Å². The highest BCUT2D eigenvalue weighted by Gasteiger charge is 2.13. The molecule has 1 aromatic rings. The van der Waals surface area contributed by atoms with E-state index in [0.29, 0.717) is 23.0 Å². The van der Waals surface area contributed by atoms with Crippen molar-refractivity contribution in [3.05, 3.63) is 34.6 Å². The first-order valence-corrected chi connectivity index (χ1v) is 6.36. The normalized spacial score (nSPS) is 17.3. The minimum Gasteiger partial charge on any atom is -0.381 e. The molecule has 1 aliphatic rings. The van der Waals surface area contributed by atoms with E-state index in [0.717, 1.165) is 32.6 Å². The van der Waals surface area contributed by atoms with Crippen molar-refractivity contribution in [2.24, 2.45) is 5.92 Å². The molecular weight excluding hydrogens is 241 g/mol. The van der Waals surface area contributed by atoms with Gasteiger partial charge in [0.15, 0.2) is 0 Å². The van der Waals surface area contributed by atoms with Crippen LogP contribution in [0.25, 0.3) is 0 Å². The van der Waals surface area contributed by atoms with Crippen LogP contribution in [0.4, 0.5) is 4.39 Å². The third-order valence-corrected chi connectivity index (χ3v) is 3.49. The van der Waals surface area contributed by atoms with Crippen molar-refractivity contribution in [3.8, 4) is 0 Å². The molecule has 1 N–H and O–H groups in total. The smallest absolute Gasteiger partial charge is 0.129 e. The molecule has 1 fully saturated rings. The molecule has 0 unspecified atom stereocenters. The lowest BCUT2D eigenvalue weighted by Crippen LogP contribution is -2.27. The second kappa shape index (κ2) is 6.34. The molecule has 0 aliphatic carbocycles. The van der Waals surface area contributed by atoms with Gasteiger partial charge in [-0.1, -0.05) is 17.7 Å². The van der Waals surface area contributed by atoms with Crippen LogP contribution in [0.2, 0.25) is 5.02 Å². The fraction of sp³-hybridized carbons (Fsp3) is 0.538. The molecule has 4 heteroatoms. The first-order valence-electron chi connectivity index (χ1n) is 5.98. The van der Waals surface area contributed by atoms with Gasteiger partial charge in [0.25, 0.3) is 0 Å². The topological polar surface area (TPSA) is 21.3 Å². The van der Waals surface area contributed by atoms with Crippen LogP contribution in [0, 0.1) is 11.7 Å². The summed E-state index contributed by atoms with van der Waals surface area (Å²) in [4.78, 5) is 0. The Kier molecular flexibility index (Phi) is 4.77. The average molecular weight is 258 g/mol. The predicted octanol–water partition coefficient (Wildman–Crippen LogP) is 3.00.